The Morgan fingerprint density at radius 2 is 2.12 bits per heavy atom. The molecular formula is C13H25N3. The summed E-state index contributed by atoms with van der Waals surface area (Å²) in [5.74, 6) is 0.737. The van der Waals surface area contributed by atoms with E-state index in [-0.39, 0.29) is 0 Å². The molecule has 0 aliphatic heterocycles. The maximum absolute atomic E-state index is 3.61. The standard InChI is InChI=1S/C13H25N3/c1-11(2)8-13(10-16(3)4)15-9-12-6-5-7-14-12/h5-7,11,13-15H,8-10H2,1-4H3. The average Bonchev–Trinajstić information content (AvgIpc) is 2.64. The first-order valence-electron chi connectivity index (χ1n) is 6.08. The predicted octanol–water partition coefficient (Wildman–Crippen LogP) is 2.08. The van der Waals surface area contributed by atoms with E-state index in [1.807, 2.05) is 12.3 Å². The number of likely N-dealkylation sites (N-methyl/N-ethyl adjacent to an activating group) is 1. The molecule has 3 nitrogen and oxygen atoms in total. The summed E-state index contributed by atoms with van der Waals surface area (Å²) >= 11 is 0. The van der Waals surface area contributed by atoms with Crippen molar-refractivity contribution in [2.45, 2.75) is 32.9 Å². The van der Waals surface area contributed by atoms with Gasteiger partial charge in [-0.3, -0.25) is 0 Å². The quantitative estimate of drug-likeness (QED) is 0.741. The lowest BCUT2D eigenvalue weighted by Gasteiger charge is -2.23. The lowest BCUT2D eigenvalue weighted by molar-refractivity contribution is 0.304. The van der Waals surface area contributed by atoms with Crippen LogP contribution in [-0.4, -0.2) is 36.6 Å². The number of nitrogens with one attached hydrogen (secondary N) is 2. The first-order chi connectivity index (χ1) is 7.58. The van der Waals surface area contributed by atoms with Gasteiger partial charge in [-0.1, -0.05) is 13.8 Å². The maximum Gasteiger partial charge on any atom is 0.0360 e. The summed E-state index contributed by atoms with van der Waals surface area (Å²) in [6.07, 6.45) is 3.19. The van der Waals surface area contributed by atoms with Crippen molar-refractivity contribution in [3.05, 3.63) is 24.0 Å². The fourth-order valence-corrected chi connectivity index (χ4v) is 1.96. The zero-order chi connectivity index (χ0) is 12.0. The molecule has 1 aromatic rings. The van der Waals surface area contributed by atoms with Gasteiger partial charge >= 0.3 is 0 Å². The number of rotatable bonds is 7. The molecule has 0 saturated carbocycles. The van der Waals surface area contributed by atoms with Gasteiger partial charge in [0.1, 0.15) is 0 Å². The number of aromatic nitrogens is 1. The van der Waals surface area contributed by atoms with Crippen molar-refractivity contribution in [1.82, 2.24) is 15.2 Å². The molecule has 2 N–H and O–H groups in total. The van der Waals surface area contributed by atoms with Gasteiger partial charge < -0.3 is 15.2 Å². The lowest BCUT2D eigenvalue weighted by Crippen LogP contribution is -2.38. The number of H-pyrrole nitrogens is 1. The summed E-state index contributed by atoms with van der Waals surface area (Å²) < 4.78 is 0. The van der Waals surface area contributed by atoms with Gasteiger partial charge in [0.05, 0.1) is 0 Å². The van der Waals surface area contributed by atoms with Gasteiger partial charge in [-0.25, -0.2) is 0 Å². The highest BCUT2D eigenvalue weighted by molar-refractivity contribution is 5.03. The van der Waals surface area contributed by atoms with Crippen molar-refractivity contribution in [1.29, 1.82) is 0 Å². The molecule has 3 heteroatoms. The molecule has 1 aromatic heterocycles. The Morgan fingerprint density at radius 1 is 1.38 bits per heavy atom. The number of aromatic amines is 1. The van der Waals surface area contributed by atoms with Gasteiger partial charge in [-0.05, 0) is 38.6 Å². The highest BCUT2D eigenvalue weighted by Crippen LogP contribution is 2.06. The lowest BCUT2D eigenvalue weighted by atomic mass is 10.0. The van der Waals surface area contributed by atoms with Crippen molar-refractivity contribution in [3.8, 4) is 0 Å². The third-order valence-electron chi connectivity index (χ3n) is 2.59. The Kier molecular flexibility index (Phi) is 5.56. The molecule has 1 unspecified atom stereocenters. The monoisotopic (exact) mass is 223 g/mol. The predicted molar refractivity (Wildman–Crippen MR) is 69.4 cm³/mol. The molecule has 0 spiro atoms. The van der Waals surface area contributed by atoms with Gasteiger partial charge in [-0.2, -0.15) is 0 Å². The van der Waals surface area contributed by atoms with E-state index in [2.05, 4.69) is 49.2 Å². The number of nitrogens with zero attached hydrogens (tertiary/aromatic N) is 1. The fraction of sp³-hybridized carbons (Fsp3) is 0.692. The fourth-order valence-electron chi connectivity index (χ4n) is 1.96. The van der Waals surface area contributed by atoms with Gasteiger partial charge in [0.2, 0.25) is 0 Å². The van der Waals surface area contributed by atoms with Crippen molar-refractivity contribution >= 4 is 0 Å². The molecule has 0 bridgehead atoms. The summed E-state index contributed by atoms with van der Waals surface area (Å²) in [5.41, 5.74) is 1.26. The second-order valence-corrected chi connectivity index (χ2v) is 5.16. The summed E-state index contributed by atoms with van der Waals surface area (Å²) in [7, 11) is 4.26. The smallest absolute Gasteiger partial charge is 0.0360 e. The Morgan fingerprint density at radius 3 is 2.62 bits per heavy atom. The molecule has 92 valence electrons. The SMILES string of the molecule is CC(C)CC(CN(C)C)NCc1ccc[nH]1. The Bertz CT molecular complexity index is 255. The van der Waals surface area contributed by atoms with E-state index in [0.717, 1.165) is 19.0 Å². The van der Waals surface area contributed by atoms with Crippen LogP contribution < -0.4 is 5.32 Å². The van der Waals surface area contributed by atoms with Crippen LogP contribution in [0.1, 0.15) is 26.0 Å². The van der Waals surface area contributed by atoms with Crippen LogP contribution in [0.15, 0.2) is 18.3 Å². The molecule has 0 saturated heterocycles. The molecule has 0 amide bonds. The zero-order valence-electron chi connectivity index (χ0n) is 11.0. The van der Waals surface area contributed by atoms with E-state index in [4.69, 9.17) is 0 Å². The first-order valence-corrected chi connectivity index (χ1v) is 6.08. The highest BCUT2D eigenvalue weighted by Gasteiger charge is 2.11. The summed E-state index contributed by atoms with van der Waals surface area (Å²) in [6, 6.07) is 4.73. The molecule has 16 heavy (non-hydrogen) atoms. The van der Waals surface area contributed by atoms with E-state index in [1.54, 1.807) is 0 Å². The second-order valence-electron chi connectivity index (χ2n) is 5.16. The van der Waals surface area contributed by atoms with Gasteiger partial charge in [0.15, 0.2) is 0 Å². The minimum Gasteiger partial charge on any atom is -0.364 e. The average molecular weight is 223 g/mol. The van der Waals surface area contributed by atoms with Crippen molar-refractivity contribution in [2.24, 2.45) is 5.92 Å². The van der Waals surface area contributed by atoms with Crippen LogP contribution in [0, 0.1) is 5.92 Å². The summed E-state index contributed by atoms with van der Waals surface area (Å²) in [6.45, 7) is 6.58. The molecule has 0 aliphatic rings. The molecule has 0 aliphatic carbocycles. The minimum atomic E-state index is 0.568. The Hall–Kier alpha value is -0.800. The molecular weight excluding hydrogens is 198 g/mol. The van der Waals surface area contributed by atoms with Crippen LogP contribution >= 0.6 is 0 Å². The van der Waals surface area contributed by atoms with Crippen LogP contribution in [0.2, 0.25) is 0 Å². The zero-order valence-corrected chi connectivity index (χ0v) is 11.0. The Labute approximate surface area is 99.2 Å². The van der Waals surface area contributed by atoms with E-state index in [1.165, 1.54) is 12.1 Å². The van der Waals surface area contributed by atoms with E-state index >= 15 is 0 Å². The van der Waals surface area contributed by atoms with Crippen LogP contribution in [-0.2, 0) is 6.54 Å². The molecule has 0 aromatic carbocycles. The van der Waals surface area contributed by atoms with E-state index in [9.17, 15) is 0 Å². The molecule has 0 fully saturated rings. The minimum absolute atomic E-state index is 0.568. The maximum atomic E-state index is 3.61. The normalized spacial score (nSPS) is 13.6. The van der Waals surface area contributed by atoms with E-state index < -0.39 is 0 Å². The largest absolute Gasteiger partial charge is 0.364 e. The summed E-state index contributed by atoms with van der Waals surface area (Å²) in [4.78, 5) is 5.47. The summed E-state index contributed by atoms with van der Waals surface area (Å²) in [5, 5.41) is 3.61. The third kappa shape index (κ3) is 5.33. The molecule has 1 heterocycles. The van der Waals surface area contributed by atoms with Gasteiger partial charge in [0.25, 0.3) is 0 Å². The number of hydrogen-bond acceptors (Lipinski definition) is 2. The van der Waals surface area contributed by atoms with Crippen LogP contribution in [0.25, 0.3) is 0 Å². The highest BCUT2D eigenvalue weighted by atomic mass is 15.1. The third-order valence-corrected chi connectivity index (χ3v) is 2.59. The number of hydrogen-bond donors (Lipinski definition) is 2. The van der Waals surface area contributed by atoms with E-state index in [0.29, 0.717) is 6.04 Å². The molecule has 0 radical (unpaired) electrons. The van der Waals surface area contributed by atoms with Crippen LogP contribution in [0.3, 0.4) is 0 Å². The van der Waals surface area contributed by atoms with Crippen molar-refractivity contribution < 1.29 is 0 Å². The Balaban J connectivity index is 2.37. The van der Waals surface area contributed by atoms with Crippen molar-refractivity contribution in [3.63, 3.8) is 0 Å². The second kappa shape index (κ2) is 6.71. The molecule has 1 rings (SSSR count). The van der Waals surface area contributed by atoms with Gasteiger partial charge in [-0.15, -0.1) is 0 Å². The first kappa shape index (κ1) is 13.3. The topological polar surface area (TPSA) is 31.1 Å². The van der Waals surface area contributed by atoms with Crippen LogP contribution in [0.5, 0.6) is 0 Å². The van der Waals surface area contributed by atoms with Crippen molar-refractivity contribution in [2.75, 3.05) is 20.6 Å². The van der Waals surface area contributed by atoms with Crippen LogP contribution in [0.4, 0.5) is 0 Å². The molecule has 1 atom stereocenters. The van der Waals surface area contributed by atoms with Gasteiger partial charge in [0, 0.05) is 31.0 Å².